The Balaban J connectivity index is 2.16. The molecule has 4 nitrogen and oxygen atoms in total. The van der Waals surface area contributed by atoms with Crippen LogP contribution in [0.25, 0.3) is 10.9 Å². The molecule has 0 aliphatic carbocycles. The van der Waals surface area contributed by atoms with Crippen LogP contribution in [0.3, 0.4) is 0 Å². The Morgan fingerprint density at radius 2 is 2.19 bits per heavy atom. The van der Waals surface area contributed by atoms with Gasteiger partial charge in [0.05, 0.1) is 11.6 Å². The van der Waals surface area contributed by atoms with Crippen molar-refractivity contribution in [2.75, 3.05) is 5.75 Å². The zero-order chi connectivity index (χ0) is 15.4. The van der Waals surface area contributed by atoms with Crippen molar-refractivity contribution in [3.63, 3.8) is 0 Å². The number of aromatic nitrogens is 1. The maximum absolute atomic E-state index is 14.0. The Kier molecular flexibility index (Phi) is 5.27. The van der Waals surface area contributed by atoms with Crippen LogP contribution in [0.5, 0.6) is 0 Å². The minimum absolute atomic E-state index is 0.0378. The Morgan fingerprint density at radius 1 is 1.43 bits per heavy atom. The molecule has 0 fully saturated rings. The van der Waals surface area contributed by atoms with Gasteiger partial charge in [0.2, 0.25) is 0 Å². The third kappa shape index (κ3) is 4.00. The van der Waals surface area contributed by atoms with Crippen LogP contribution < -0.4 is 0 Å². The van der Waals surface area contributed by atoms with E-state index in [9.17, 15) is 19.4 Å². The maximum Gasteiger partial charge on any atom is 0.185 e. The highest BCUT2D eigenvalue weighted by Gasteiger charge is 2.22. The molecule has 0 saturated carbocycles. The van der Waals surface area contributed by atoms with Gasteiger partial charge in [0.25, 0.3) is 0 Å². The summed E-state index contributed by atoms with van der Waals surface area (Å²) in [7, 11) is 0. The number of hydrogen-bond donors (Lipinski definition) is 2. The predicted molar refractivity (Wildman–Crippen MR) is 80.4 cm³/mol. The van der Waals surface area contributed by atoms with Gasteiger partial charge < -0.3 is 10.2 Å². The van der Waals surface area contributed by atoms with Crippen LogP contribution in [0.2, 0.25) is 0 Å². The van der Waals surface area contributed by atoms with Crippen LogP contribution in [-0.4, -0.2) is 32.2 Å². The molecule has 21 heavy (non-hydrogen) atoms. The van der Waals surface area contributed by atoms with E-state index in [1.807, 2.05) is 0 Å². The number of nitrogens with zero attached hydrogens (tertiary/aromatic N) is 1. The first-order valence-corrected chi connectivity index (χ1v) is 7.51. The van der Waals surface area contributed by atoms with Gasteiger partial charge in [-0.05, 0) is 18.6 Å². The summed E-state index contributed by atoms with van der Waals surface area (Å²) in [6.45, 7) is 1.43. The molecule has 2 atom stereocenters. The molecule has 2 aromatic rings. The zero-order valence-corrected chi connectivity index (χ0v) is 12.3. The normalized spacial score (nSPS) is 14.1. The first-order valence-electron chi connectivity index (χ1n) is 6.52. The number of thioether (sulfide) groups is 1. The number of pyridine rings is 1. The van der Waals surface area contributed by atoms with Crippen LogP contribution in [0.15, 0.2) is 30.5 Å². The van der Waals surface area contributed by atoms with E-state index in [2.05, 4.69) is 4.98 Å². The fourth-order valence-electron chi connectivity index (χ4n) is 2.03. The number of fused-ring (bicyclic) bond motifs is 1. The maximum atomic E-state index is 14.0. The Bertz CT molecular complexity index is 650. The lowest BCUT2D eigenvalue weighted by Crippen LogP contribution is -2.20. The third-order valence-electron chi connectivity index (χ3n) is 3.12. The fraction of sp³-hybridized carbons (Fsp3) is 0.333. The Labute approximate surface area is 126 Å². The second-order valence-corrected chi connectivity index (χ2v) is 5.98. The topological polar surface area (TPSA) is 70.4 Å². The molecule has 1 aromatic carbocycles. The molecule has 112 valence electrons. The van der Waals surface area contributed by atoms with Gasteiger partial charge in [-0.3, -0.25) is 9.78 Å². The lowest BCUT2D eigenvalue weighted by atomic mass is 10.00. The van der Waals surface area contributed by atoms with Gasteiger partial charge in [-0.25, -0.2) is 4.39 Å². The Hall–Kier alpha value is -1.50. The largest absolute Gasteiger partial charge is 0.390 e. The number of benzene rings is 1. The van der Waals surface area contributed by atoms with Crippen LogP contribution in [0, 0.1) is 5.82 Å². The highest BCUT2D eigenvalue weighted by molar-refractivity contribution is 8.13. The molecule has 0 saturated heterocycles. The summed E-state index contributed by atoms with van der Waals surface area (Å²) >= 11 is 1.07. The summed E-state index contributed by atoms with van der Waals surface area (Å²) in [6.07, 6.45) is -0.690. The van der Waals surface area contributed by atoms with E-state index in [0.29, 0.717) is 16.7 Å². The van der Waals surface area contributed by atoms with E-state index < -0.39 is 18.0 Å². The van der Waals surface area contributed by atoms with Gasteiger partial charge in [0.1, 0.15) is 11.9 Å². The van der Waals surface area contributed by atoms with Gasteiger partial charge in [0.15, 0.2) is 5.12 Å². The molecular weight excluding hydrogens is 293 g/mol. The standard InChI is InChI=1S/C15H16FNO3S/c1-9(18)21-6-4-14(19)15(20)11-7-10-3-2-5-17-13(10)8-12(11)16/h2-3,5,7-8,14-15,19-20H,4,6H2,1H3. The van der Waals surface area contributed by atoms with Gasteiger partial charge in [0, 0.05) is 35.9 Å². The van der Waals surface area contributed by atoms with Crippen molar-refractivity contribution in [1.29, 1.82) is 0 Å². The lowest BCUT2D eigenvalue weighted by Gasteiger charge is -2.18. The average molecular weight is 309 g/mol. The molecule has 0 aliphatic rings. The fourth-order valence-corrected chi connectivity index (χ4v) is 2.67. The molecule has 1 aromatic heterocycles. The second kappa shape index (κ2) is 6.98. The molecule has 0 aliphatic heterocycles. The van der Waals surface area contributed by atoms with E-state index in [0.717, 1.165) is 11.8 Å². The van der Waals surface area contributed by atoms with Crippen LogP contribution in [0.1, 0.15) is 25.0 Å². The number of carbonyl (C=O) groups excluding carboxylic acids is 1. The summed E-state index contributed by atoms with van der Waals surface area (Å²) in [5.74, 6) is -0.225. The summed E-state index contributed by atoms with van der Waals surface area (Å²) in [5.41, 5.74) is 0.531. The van der Waals surface area contributed by atoms with Crippen LogP contribution in [-0.2, 0) is 4.79 Å². The van der Waals surface area contributed by atoms with E-state index in [1.165, 1.54) is 19.1 Å². The summed E-state index contributed by atoms with van der Waals surface area (Å²) in [5, 5.41) is 20.7. The molecular formula is C15H16FNO3S. The highest BCUT2D eigenvalue weighted by atomic mass is 32.2. The van der Waals surface area contributed by atoms with Crippen molar-refractivity contribution in [3.05, 3.63) is 41.8 Å². The second-order valence-electron chi connectivity index (χ2n) is 4.71. The third-order valence-corrected chi connectivity index (χ3v) is 3.97. The van der Waals surface area contributed by atoms with E-state index >= 15 is 0 Å². The van der Waals surface area contributed by atoms with Gasteiger partial charge in [-0.15, -0.1) is 0 Å². The Morgan fingerprint density at radius 3 is 2.90 bits per heavy atom. The molecule has 2 unspecified atom stereocenters. The molecule has 0 radical (unpaired) electrons. The van der Waals surface area contributed by atoms with Crippen molar-refractivity contribution in [2.45, 2.75) is 25.6 Å². The number of aliphatic hydroxyl groups excluding tert-OH is 2. The average Bonchev–Trinajstić information content (AvgIpc) is 2.45. The number of hydrogen-bond acceptors (Lipinski definition) is 5. The molecule has 2 N–H and O–H groups in total. The molecule has 0 spiro atoms. The number of carbonyl (C=O) groups is 1. The van der Waals surface area contributed by atoms with Gasteiger partial charge >= 0.3 is 0 Å². The van der Waals surface area contributed by atoms with Gasteiger partial charge in [-0.1, -0.05) is 17.8 Å². The first-order chi connectivity index (χ1) is 9.99. The molecule has 6 heteroatoms. The predicted octanol–water partition coefficient (Wildman–Crippen LogP) is 2.44. The molecule has 2 rings (SSSR count). The van der Waals surface area contributed by atoms with Crippen molar-refractivity contribution < 1.29 is 19.4 Å². The number of aliphatic hydroxyl groups is 2. The lowest BCUT2D eigenvalue weighted by molar-refractivity contribution is -0.109. The van der Waals surface area contributed by atoms with E-state index in [1.54, 1.807) is 18.3 Å². The quantitative estimate of drug-likeness (QED) is 0.887. The highest BCUT2D eigenvalue weighted by Crippen LogP contribution is 2.26. The smallest absolute Gasteiger partial charge is 0.185 e. The zero-order valence-electron chi connectivity index (χ0n) is 11.5. The molecule has 0 bridgehead atoms. The monoisotopic (exact) mass is 309 g/mol. The van der Waals surface area contributed by atoms with Crippen molar-refractivity contribution in [1.82, 2.24) is 4.98 Å². The van der Waals surface area contributed by atoms with Crippen molar-refractivity contribution in [3.8, 4) is 0 Å². The molecule has 0 amide bonds. The van der Waals surface area contributed by atoms with E-state index in [4.69, 9.17) is 0 Å². The summed E-state index contributed by atoms with van der Waals surface area (Å²) in [4.78, 5) is 14.8. The van der Waals surface area contributed by atoms with Crippen molar-refractivity contribution in [2.24, 2.45) is 0 Å². The minimum Gasteiger partial charge on any atom is -0.390 e. The van der Waals surface area contributed by atoms with Crippen LogP contribution in [0.4, 0.5) is 4.39 Å². The number of halogens is 1. The minimum atomic E-state index is -1.33. The summed E-state index contributed by atoms with van der Waals surface area (Å²) < 4.78 is 14.0. The van der Waals surface area contributed by atoms with E-state index in [-0.39, 0.29) is 17.1 Å². The van der Waals surface area contributed by atoms with Crippen LogP contribution >= 0.6 is 11.8 Å². The van der Waals surface area contributed by atoms with Crippen molar-refractivity contribution >= 4 is 27.8 Å². The SMILES string of the molecule is CC(=O)SCCC(O)C(O)c1cc2cccnc2cc1F. The summed E-state index contributed by atoms with van der Waals surface area (Å²) in [6, 6.07) is 6.21. The number of rotatable bonds is 5. The first kappa shape index (κ1) is 15.9. The molecule has 1 heterocycles. The van der Waals surface area contributed by atoms with Gasteiger partial charge in [-0.2, -0.15) is 0 Å².